The van der Waals surface area contributed by atoms with E-state index in [0.29, 0.717) is 5.01 Å². The van der Waals surface area contributed by atoms with E-state index in [-0.39, 0.29) is 9.92 Å². The first-order valence-corrected chi connectivity index (χ1v) is 8.52. The van der Waals surface area contributed by atoms with E-state index in [4.69, 9.17) is 16.7 Å². The van der Waals surface area contributed by atoms with Gasteiger partial charge in [0.25, 0.3) is 0 Å². The minimum atomic E-state index is -3.94. The summed E-state index contributed by atoms with van der Waals surface area (Å²) in [5.41, 5.74) is 0. The number of nitrogens with zero attached hydrogens (tertiary/aromatic N) is 1. The summed E-state index contributed by atoms with van der Waals surface area (Å²) in [5.74, 6) is -1.13. The highest BCUT2D eigenvalue weighted by molar-refractivity contribution is 7.89. The van der Waals surface area contributed by atoms with Gasteiger partial charge < -0.3 is 5.11 Å². The van der Waals surface area contributed by atoms with Crippen molar-refractivity contribution in [3.05, 3.63) is 45.9 Å². The molecule has 0 aliphatic carbocycles. The van der Waals surface area contributed by atoms with Crippen molar-refractivity contribution in [3.8, 4) is 0 Å². The Labute approximate surface area is 130 Å². The van der Waals surface area contributed by atoms with Gasteiger partial charge in [0.2, 0.25) is 10.0 Å². The highest BCUT2D eigenvalue weighted by atomic mass is 35.5. The molecule has 0 saturated carbocycles. The molecular formula is C12H11ClN2O4S2. The summed E-state index contributed by atoms with van der Waals surface area (Å²) in [7, 11) is -3.94. The molecule has 0 aliphatic heterocycles. The van der Waals surface area contributed by atoms with Crippen LogP contribution in [0.2, 0.25) is 5.02 Å². The van der Waals surface area contributed by atoms with Gasteiger partial charge >= 0.3 is 5.97 Å². The number of hydrogen-bond donors (Lipinski definition) is 2. The van der Waals surface area contributed by atoms with Crippen molar-refractivity contribution >= 4 is 38.9 Å². The molecule has 2 N–H and O–H groups in total. The van der Waals surface area contributed by atoms with Gasteiger partial charge in [-0.15, -0.1) is 11.3 Å². The Morgan fingerprint density at radius 3 is 2.71 bits per heavy atom. The van der Waals surface area contributed by atoms with E-state index in [2.05, 4.69) is 9.71 Å². The third-order valence-electron chi connectivity index (χ3n) is 2.55. The summed E-state index contributed by atoms with van der Waals surface area (Å²) in [6, 6.07) is 5.01. The molecule has 9 heteroatoms. The minimum Gasteiger partial charge on any atom is -0.481 e. The maximum Gasteiger partial charge on any atom is 0.305 e. The zero-order valence-electron chi connectivity index (χ0n) is 10.6. The van der Waals surface area contributed by atoms with E-state index in [1.165, 1.54) is 35.7 Å². The highest BCUT2D eigenvalue weighted by Crippen LogP contribution is 2.25. The summed E-state index contributed by atoms with van der Waals surface area (Å²) >= 11 is 7.05. The minimum absolute atomic E-state index is 0.0678. The smallest absolute Gasteiger partial charge is 0.305 e. The summed E-state index contributed by atoms with van der Waals surface area (Å²) in [4.78, 5) is 14.8. The summed E-state index contributed by atoms with van der Waals surface area (Å²) in [5, 5.41) is 11.0. The van der Waals surface area contributed by atoms with Gasteiger partial charge in [0.15, 0.2) is 0 Å². The molecule has 0 bridgehead atoms. The number of hydrogen-bond acceptors (Lipinski definition) is 5. The van der Waals surface area contributed by atoms with Crippen LogP contribution in [0.25, 0.3) is 0 Å². The molecule has 2 aromatic rings. The molecule has 2 rings (SSSR count). The lowest BCUT2D eigenvalue weighted by Gasteiger charge is -2.15. The summed E-state index contributed by atoms with van der Waals surface area (Å²) < 4.78 is 27.0. The Kier molecular flexibility index (Phi) is 4.94. The molecule has 1 atom stereocenters. The van der Waals surface area contributed by atoms with Crippen LogP contribution >= 0.6 is 22.9 Å². The zero-order chi connectivity index (χ0) is 15.5. The number of aliphatic carboxylic acids is 1. The number of thiazole rings is 1. The second-order valence-electron chi connectivity index (χ2n) is 4.07. The molecule has 21 heavy (non-hydrogen) atoms. The molecule has 6 nitrogen and oxygen atoms in total. The maximum atomic E-state index is 12.3. The van der Waals surface area contributed by atoms with Crippen molar-refractivity contribution in [2.24, 2.45) is 0 Å². The van der Waals surface area contributed by atoms with Crippen molar-refractivity contribution in [3.63, 3.8) is 0 Å². The fraction of sp³-hybridized carbons (Fsp3) is 0.167. The molecule has 1 unspecified atom stereocenters. The molecule has 0 fully saturated rings. The van der Waals surface area contributed by atoms with E-state index in [0.717, 1.165) is 0 Å². The lowest BCUT2D eigenvalue weighted by Crippen LogP contribution is -2.30. The first kappa shape index (κ1) is 15.9. The Morgan fingerprint density at radius 1 is 1.43 bits per heavy atom. The second kappa shape index (κ2) is 6.52. The van der Waals surface area contributed by atoms with Gasteiger partial charge in [-0.1, -0.05) is 23.7 Å². The SMILES string of the molecule is O=C(O)CC(NS(=O)(=O)c1ccccc1Cl)c1nccs1. The first-order valence-electron chi connectivity index (χ1n) is 5.78. The third-order valence-corrected chi connectivity index (χ3v) is 5.41. The number of halogens is 1. The zero-order valence-corrected chi connectivity index (χ0v) is 13.0. The van der Waals surface area contributed by atoms with Crippen molar-refractivity contribution < 1.29 is 18.3 Å². The third kappa shape index (κ3) is 4.01. The van der Waals surface area contributed by atoms with Gasteiger partial charge in [0, 0.05) is 11.6 Å². The van der Waals surface area contributed by atoms with E-state index in [1.807, 2.05) is 0 Å². The molecular weight excluding hydrogens is 336 g/mol. The molecule has 1 aromatic carbocycles. The van der Waals surface area contributed by atoms with Crippen LogP contribution in [0.1, 0.15) is 17.5 Å². The van der Waals surface area contributed by atoms with Crippen LogP contribution < -0.4 is 4.72 Å². The van der Waals surface area contributed by atoms with Gasteiger partial charge in [-0.05, 0) is 12.1 Å². The quantitative estimate of drug-likeness (QED) is 0.836. The van der Waals surface area contributed by atoms with Gasteiger partial charge in [0.05, 0.1) is 17.5 Å². The Balaban J connectivity index is 2.32. The first-order chi connectivity index (χ1) is 9.90. The Bertz CT molecular complexity index is 731. The number of benzene rings is 1. The molecule has 1 aromatic heterocycles. The van der Waals surface area contributed by atoms with Gasteiger partial charge in [-0.3, -0.25) is 4.79 Å². The average molecular weight is 347 g/mol. The van der Waals surface area contributed by atoms with Crippen LogP contribution in [0.15, 0.2) is 40.7 Å². The van der Waals surface area contributed by atoms with Crippen LogP contribution in [-0.2, 0) is 14.8 Å². The van der Waals surface area contributed by atoms with Crippen LogP contribution in [0.3, 0.4) is 0 Å². The number of aromatic nitrogens is 1. The molecule has 112 valence electrons. The molecule has 1 heterocycles. The van der Waals surface area contributed by atoms with Crippen molar-refractivity contribution in [2.75, 3.05) is 0 Å². The van der Waals surface area contributed by atoms with Gasteiger partial charge in [-0.2, -0.15) is 0 Å². The fourth-order valence-electron chi connectivity index (χ4n) is 1.67. The number of carboxylic acids is 1. The topological polar surface area (TPSA) is 96.4 Å². The number of rotatable bonds is 6. The monoisotopic (exact) mass is 346 g/mol. The number of carbonyl (C=O) groups is 1. The number of carboxylic acid groups (broad SMARTS) is 1. The van der Waals surface area contributed by atoms with E-state index in [9.17, 15) is 13.2 Å². The van der Waals surface area contributed by atoms with E-state index < -0.39 is 28.5 Å². The lowest BCUT2D eigenvalue weighted by atomic mass is 10.2. The number of nitrogens with one attached hydrogen (secondary N) is 1. The van der Waals surface area contributed by atoms with Gasteiger partial charge in [0.1, 0.15) is 9.90 Å². The van der Waals surface area contributed by atoms with Crippen molar-refractivity contribution in [1.29, 1.82) is 0 Å². The Hall–Kier alpha value is -1.48. The lowest BCUT2D eigenvalue weighted by molar-refractivity contribution is -0.137. The average Bonchev–Trinajstić information content (AvgIpc) is 2.91. The van der Waals surface area contributed by atoms with Crippen LogP contribution in [0, 0.1) is 0 Å². The fourth-order valence-corrected chi connectivity index (χ4v) is 4.16. The highest BCUT2D eigenvalue weighted by Gasteiger charge is 2.26. The van der Waals surface area contributed by atoms with Gasteiger partial charge in [-0.25, -0.2) is 18.1 Å². The summed E-state index contributed by atoms with van der Waals surface area (Å²) in [6.45, 7) is 0. The normalized spacial score (nSPS) is 13.0. The molecule has 0 spiro atoms. The van der Waals surface area contributed by atoms with E-state index >= 15 is 0 Å². The van der Waals surface area contributed by atoms with Crippen LogP contribution in [0.4, 0.5) is 0 Å². The van der Waals surface area contributed by atoms with Crippen molar-refractivity contribution in [2.45, 2.75) is 17.4 Å². The molecule has 0 amide bonds. The largest absolute Gasteiger partial charge is 0.481 e. The van der Waals surface area contributed by atoms with Crippen LogP contribution in [0.5, 0.6) is 0 Å². The Morgan fingerprint density at radius 2 is 2.14 bits per heavy atom. The second-order valence-corrected chi connectivity index (χ2v) is 7.09. The maximum absolute atomic E-state index is 12.3. The standard InChI is InChI=1S/C12H11ClN2O4S2/c13-8-3-1-2-4-10(8)21(18,19)15-9(7-11(16)17)12-14-5-6-20-12/h1-6,9,15H,7H2,(H,16,17). The predicted octanol–water partition coefficient (Wildman–Crippen LogP) is 2.29. The van der Waals surface area contributed by atoms with Crippen LogP contribution in [-0.4, -0.2) is 24.5 Å². The molecule has 0 radical (unpaired) electrons. The van der Waals surface area contributed by atoms with Crippen molar-refractivity contribution in [1.82, 2.24) is 9.71 Å². The molecule has 0 aliphatic rings. The summed E-state index contributed by atoms with van der Waals surface area (Å²) in [6.07, 6.45) is 1.08. The molecule has 0 saturated heterocycles. The predicted molar refractivity (Wildman–Crippen MR) is 78.9 cm³/mol. The number of sulfonamides is 1. The van der Waals surface area contributed by atoms with E-state index in [1.54, 1.807) is 11.4 Å².